The van der Waals surface area contributed by atoms with Crippen molar-refractivity contribution in [2.24, 2.45) is 4.99 Å². The summed E-state index contributed by atoms with van der Waals surface area (Å²) in [5.41, 5.74) is 1.06. The highest BCUT2D eigenvalue weighted by Gasteiger charge is 2.00. The van der Waals surface area contributed by atoms with Gasteiger partial charge < -0.3 is 15.4 Å². The molecule has 0 saturated carbocycles. The maximum absolute atomic E-state index is 5.46. The summed E-state index contributed by atoms with van der Waals surface area (Å²) in [5.74, 6) is 1.50. The van der Waals surface area contributed by atoms with Crippen molar-refractivity contribution in [3.8, 4) is 5.88 Å². The number of pyridine rings is 1. The van der Waals surface area contributed by atoms with Crippen LogP contribution in [0.3, 0.4) is 0 Å². The molecule has 0 radical (unpaired) electrons. The van der Waals surface area contributed by atoms with E-state index in [9.17, 15) is 0 Å². The Bertz CT molecular complexity index is 401. The van der Waals surface area contributed by atoms with Gasteiger partial charge in [-0.2, -0.15) is 0 Å². The van der Waals surface area contributed by atoms with E-state index in [1.165, 1.54) is 0 Å². The van der Waals surface area contributed by atoms with E-state index in [0.29, 0.717) is 25.1 Å². The van der Waals surface area contributed by atoms with Gasteiger partial charge in [0, 0.05) is 24.8 Å². The van der Waals surface area contributed by atoms with E-state index in [1.807, 2.05) is 18.3 Å². The summed E-state index contributed by atoms with van der Waals surface area (Å²) in [7, 11) is 0. The van der Waals surface area contributed by atoms with Gasteiger partial charge in [-0.25, -0.2) is 9.98 Å². The molecule has 0 bridgehead atoms. The number of ether oxygens (including phenoxy) is 1. The summed E-state index contributed by atoms with van der Waals surface area (Å²) in [4.78, 5) is 8.80. The minimum Gasteiger partial charge on any atom is -0.478 e. The third kappa shape index (κ3) is 6.41. The van der Waals surface area contributed by atoms with Gasteiger partial charge in [0.1, 0.15) is 0 Å². The Balaban J connectivity index is 2.57. The van der Waals surface area contributed by atoms with Gasteiger partial charge in [0.05, 0.1) is 13.2 Å². The number of nitrogens with zero attached hydrogens (tertiary/aromatic N) is 2. The van der Waals surface area contributed by atoms with Crippen LogP contribution in [-0.2, 0) is 6.54 Å². The summed E-state index contributed by atoms with van der Waals surface area (Å²) in [6.45, 7) is 10.5. The van der Waals surface area contributed by atoms with Crippen LogP contribution >= 0.6 is 0 Å². The van der Waals surface area contributed by atoms with Crippen molar-refractivity contribution in [3.05, 3.63) is 23.9 Å². The zero-order valence-electron chi connectivity index (χ0n) is 12.9. The first-order valence-electron chi connectivity index (χ1n) is 7.28. The summed E-state index contributed by atoms with van der Waals surface area (Å²) in [6, 6.07) is 4.25. The predicted octanol–water partition coefficient (Wildman–Crippen LogP) is 2.33. The second kappa shape index (κ2) is 9.18. The van der Waals surface area contributed by atoms with Crippen molar-refractivity contribution in [1.82, 2.24) is 15.6 Å². The average Bonchev–Trinajstić information content (AvgIpc) is 2.43. The summed E-state index contributed by atoms with van der Waals surface area (Å²) in [5, 5.41) is 6.50. The van der Waals surface area contributed by atoms with E-state index in [0.717, 1.165) is 24.5 Å². The average molecular weight is 278 g/mol. The van der Waals surface area contributed by atoms with Gasteiger partial charge in [0.2, 0.25) is 5.88 Å². The Morgan fingerprint density at radius 1 is 1.35 bits per heavy atom. The topological polar surface area (TPSA) is 58.5 Å². The highest BCUT2D eigenvalue weighted by Crippen LogP contribution is 2.08. The first-order chi connectivity index (χ1) is 9.65. The largest absolute Gasteiger partial charge is 0.478 e. The predicted molar refractivity (Wildman–Crippen MR) is 83.1 cm³/mol. The van der Waals surface area contributed by atoms with E-state index in [2.05, 4.69) is 48.3 Å². The lowest BCUT2D eigenvalue weighted by atomic mass is 10.3. The second-order valence-electron chi connectivity index (χ2n) is 4.85. The molecule has 0 aliphatic rings. The molecule has 0 atom stereocenters. The number of guanidine groups is 1. The number of rotatable bonds is 7. The molecule has 2 N–H and O–H groups in total. The van der Waals surface area contributed by atoms with E-state index in [1.54, 1.807) is 0 Å². The van der Waals surface area contributed by atoms with Crippen molar-refractivity contribution in [2.45, 2.75) is 46.7 Å². The number of aliphatic imine (C=N–C) groups is 1. The highest BCUT2D eigenvalue weighted by molar-refractivity contribution is 5.79. The van der Waals surface area contributed by atoms with Gasteiger partial charge in [-0.3, -0.25) is 0 Å². The van der Waals surface area contributed by atoms with Crippen LogP contribution in [0.25, 0.3) is 0 Å². The van der Waals surface area contributed by atoms with Crippen molar-refractivity contribution in [3.63, 3.8) is 0 Å². The van der Waals surface area contributed by atoms with Gasteiger partial charge in [-0.15, -0.1) is 0 Å². The Kier molecular flexibility index (Phi) is 7.47. The molecular weight excluding hydrogens is 252 g/mol. The molecule has 0 aliphatic carbocycles. The fourth-order valence-corrected chi connectivity index (χ4v) is 1.56. The van der Waals surface area contributed by atoms with Gasteiger partial charge in [0.25, 0.3) is 0 Å². The van der Waals surface area contributed by atoms with Crippen LogP contribution in [-0.4, -0.2) is 30.1 Å². The smallest absolute Gasteiger partial charge is 0.213 e. The molecule has 5 heteroatoms. The molecule has 0 unspecified atom stereocenters. The molecule has 0 fully saturated rings. The lowest BCUT2D eigenvalue weighted by Crippen LogP contribution is -2.40. The molecular formula is C15H26N4O. The summed E-state index contributed by atoms with van der Waals surface area (Å²) >= 11 is 0. The molecule has 1 aromatic heterocycles. The van der Waals surface area contributed by atoms with E-state index in [-0.39, 0.29) is 0 Å². The third-order valence-corrected chi connectivity index (χ3v) is 2.44. The van der Waals surface area contributed by atoms with Crippen LogP contribution in [0, 0.1) is 0 Å². The van der Waals surface area contributed by atoms with Crippen LogP contribution in [0.2, 0.25) is 0 Å². The maximum Gasteiger partial charge on any atom is 0.213 e. The minimum atomic E-state index is 0.357. The highest BCUT2D eigenvalue weighted by atomic mass is 16.5. The Morgan fingerprint density at radius 2 is 2.15 bits per heavy atom. The molecule has 1 rings (SSSR count). The van der Waals surface area contributed by atoms with Crippen molar-refractivity contribution < 1.29 is 4.74 Å². The first-order valence-corrected chi connectivity index (χ1v) is 7.28. The van der Waals surface area contributed by atoms with Crippen molar-refractivity contribution >= 4 is 5.96 Å². The Hall–Kier alpha value is -1.78. The molecule has 5 nitrogen and oxygen atoms in total. The molecule has 0 spiro atoms. The van der Waals surface area contributed by atoms with Crippen LogP contribution in [0.1, 0.15) is 39.7 Å². The summed E-state index contributed by atoms with van der Waals surface area (Å²) in [6.07, 6.45) is 2.80. The van der Waals surface area contributed by atoms with Gasteiger partial charge in [-0.05, 0) is 32.8 Å². The molecule has 1 heterocycles. The van der Waals surface area contributed by atoms with Crippen molar-refractivity contribution in [1.29, 1.82) is 0 Å². The van der Waals surface area contributed by atoms with Crippen LogP contribution in [0.4, 0.5) is 0 Å². The normalized spacial score (nSPS) is 11.6. The van der Waals surface area contributed by atoms with E-state index < -0.39 is 0 Å². The molecule has 112 valence electrons. The quantitative estimate of drug-likeness (QED) is 0.594. The van der Waals surface area contributed by atoms with E-state index in [4.69, 9.17) is 4.74 Å². The molecule has 20 heavy (non-hydrogen) atoms. The number of hydrogen-bond donors (Lipinski definition) is 2. The maximum atomic E-state index is 5.46. The van der Waals surface area contributed by atoms with Gasteiger partial charge in [-0.1, -0.05) is 13.0 Å². The fourth-order valence-electron chi connectivity index (χ4n) is 1.56. The monoisotopic (exact) mass is 278 g/mol. The number of hydrogen-bond acceptors (Lipinski definition) is 3. The second-order valence-corrected chi connectivity index (χ2v) is 4.85. The Morgan fingerprint density at radius 3 is 2.70 bits per heavy atom. The minimum absolute atomic E-state index is 0.357. The number of aromatic nitrogens is 1. The molecule has 1 aromatic rings. The molecule has 0 saturated heterocycles. The van der Waals surface area contributed by atoms with Crippen LogP contribution < -0.4 is 15.4 Å². The SMILES string of the molecule is CCCOc1ccc(CN=C(NCC)NC(C)C)cn1. The third-order valence-electron chi connectivity index (χ3n) is 2.44. The van der Waals surface area contributed by atoms with Crippen LogP contribution in [0.5, 0.6) is 5.88 Å². The fraction of sp³-hybridized carbons (Fsp3) is 0.600. The van der Waals surface area contributed by atoms with Gasteiger partial charge >= 0.3 is 0 Å². The lowest BCUT2D eigenvalue weighted by Gasteiger charge is -2.13. The standard InChI is InChI=1S/C15H26N4O/c1-5-9-20-14-8-7-13(10-17-14)11-18-15(16-6-2)19-12(3)4/h7-8,10,12H,5-6,9,11H2,1-4H3,(H2,16,18,19). The molecule has 0 aromatic carbocycles. The Labute approximate surface area is 121 Å². The van der Waals surface area contributed by atoms with Gasteiger partial charge in [0.15, 0.2) is 5.96 Å². The molecule has 0 aliphatic heterocycles. The molecule has 0 amide bonds. The summed E-state index contributed by atoms with van der Waals surface area (Å²) < 4.78 is 5.46. The van der Waals surface area contributed by atoms with Crippen molar-refractivity contribution in [2.75, 3.05) is 13.2 Å². The number of nitrogens with one attached hydrogen (secondary N) is 2. The van der Waals surface area contributed by atoms with E-state index >= 15 is 0 Å². The zero-order valence-corrected chi connectivity index (χ0v) is 12.9. The van der Waals surface area contributed by atoms with Crippen LogP contribution in [0.15, 0.2) is 23.3 Å². The first kappa shape index (κ1) is 16.3. The lowest BCUT2D eigenvalue weighted by molar-refractivity contribution is 0.305. The zero-order chi connectivity index (χ0) is 14.8.